The number of hydrogen-bond acceptors (Lipinski definition) is 3. The fraction of sp³-hybridized carbons (Fsp3) is 0.364. The Labute approximate surface area is 112 Å². The number of nitrogens with zero attached hydrogens (tertiary/aromatic N) is 1. The number of non-ortho nitro benzene ring substituents is 1. The molecular formula is C11H11IN2O3. The van der Waals surface area contributed by atoms with E-state index in [4.69, 9.17) is 0 Å². The van der Waals surface area contributed by atoms with Gasteiger partial charge < -0.3 is 5.32 Å². The first-order valence-corrected chi connectivity index (χ1v) is 6.26. The molecule has 1 aromatic carbocycles. The molecule has 90 valence electrons. The lowest BCUT2D eigenvalue weighted by Crippen LogP contribution is -2.34. The summed E-state index contributed by atoms with van der Waals surface area (Å²) in [4.78, 5) is 22.1. The van der Waals surface area contributed by atoms with Crippen LogP contribution in [-0.4, -0.2) is 16.4 Å². The van der Waals surface area contributed by atoms with Crippen molar-refractivity contribution in [2.45, 2.75) is 25.3 Å². The lowest BCUT2D eigenvalue weighted by Gasteiger charge is -2.12. The minimum atomic E-state index is -0.494. The number of hydrogen-bond donors (Lipinski definition) is 1. The van der Waals surface area contributed by atoms with Gasteiger partial charge in [-0.1, -0.05) is 0 Å². The van der Waals surface area contributed by atoms with Crippen molar-refractivity contribution in [3.8, 4) is 0 Å². The molecular weight excluding hydrogens is 335 g/mol. The van der Waals surface area contributed by atoms with Crippen LogP contribution in [0.5, 0.6) is 0 Å². The van der Waals surface area contributed by atoms with Crippen molar-refractivity contribution < 1.29 is 9.72 Å². The first kappa shape index (κ1) is 12.3. The molecule has 0 radical (unpaired) electrons. The monoisotopic (exact) mass is 346 g/mol. The van der Waals surface area contributed by atoms with E-state index in [1.165, 1.54) is 12.1 Å². The summed E-state index contributed by atoms with van der Waals surface area (Å²) in [6.45, 7) is 1.97. The number of halogens is 1. The third-order valence-corrected chi connectivity index (χ3v) is 3.76. The number of carbonyl (C=O) groups excluding carboxylic acids is 1. The van der Waals surface area contributed by atoms with Crippen molar-refractivity contribution in [1.29, 1.82) is 0 Å². The van der Waals surface area contributed by atoms with Gasteiger partial charge in [-0.3, -0.25) is 14.9 Å². The highest BCUT2D eigenvalue weighted by molar-refractivity contribution is 14.1. The largest absolute Gasteiger partial charge is 0.347 e. The number of amides is 1. The van der Waals surface area contributed by atoms with E-state index in [0.717, 1.165) is 16.4 Å². The van der Waals surface area contributed by atoms with E-state index in [2.05, 4.69) is 5.32 Å². The van der Waals surface area contributed by atoms with Crippen LogP contribution in [0.15, 0.2) is 18.2 Å². The second kappa shape index (κ2) is 4.25. The highest BCUT2D eigenvalue weighted by Gasteiger charge is 2.39. The Morgan fingerprint density at radius 3 is 2.71 bits per heavy atom. The maximum absolute atomic E-state index is 12.0. The average molecular weight is 346 g/mol. The van der Waals surface area contributed by atoms with Gasteiger partial charge in [-0.25, -0.2) is 0 Å². The van der Waals surface area contributed by atoms with E-state index >= 15 is 0 Å². The quantitative estimate of drug-likeness (QED) is 0.519. The standard InChI is InChI=1S/C11H11IN2O3/c1-11(4-5-11)13-10(15)8-6-7(14(16)17)2-3-9(8)12/h2-3,6H,4-5H2,1H3,(H,13,15). The van der Waals surface area contributed by atoms with Gasteiger partial charge in [-0.15, -0.1) is 0 Å². The molecule has 1 amide bonds. The van der Waals surface area contributed by atoms with Gasteiger partial charge in [0, 0.05) is 21.2 Å². The topological polar surface area (TPSA) is 72.2 Å². The van der Waals surface area contributed by atoms with E-state index in [0.29, 0.717) is 5.56 Å². The van der Waals surface area contributed by atoms with Crippen LogP contribution >= 0.6 is 22.6 Å². The molecule has 1 aliphatic carbocycles. The summed E-state index contributed by atoms with van der Waals surface area (Å²) in [5.41, 5.74) is 0.189. The molecule has 17 heavy (non-hydrogen) atoms. The van der Waals surface area contributed by atoms with Gasteiger partial charge in [0.15, 0.2) is 0 Å². The molecule has 6 heteroatoms. The summed E-state index contributed by atoms with van der Waals surface area (Å²) in [5, 5.41) is 13.5. The van der Waals surface area contributed by atoms with E-state index in [1.54, 1.807) is 6.07 Å². The lowest BCUT2D eigenvalue weighted by atomic mass is 10.1. The summed E-state index contributed by atoms with van der Waals surface area (Å²) >= 11 is 2.00. The number of nitro benzene ring substituents is 1. The van der Waals surface area contributed by atoms with Crippen molar-refractivity contribution in [3.05, 3.63) is 37.4 Å². The lowest BCUT2D eigenvalue weighted by molar-refractivity contribution is -0.384. The molecule has 0 heterocycles. The molecule has 0 bridgehead atoms. The molecule has 0 unspecified atom stereocenters. The molecule has 1 fully saturated rings. The third-order valence-electron chi connectivity index (χ3n) is 2.82. The first-order valence-electron chi connectivity index (χ1n) is 5.18. The molecule has 0 saturated heterocycles. The van der Waals surface area contributed by atoms with Crippen LogP contribution in [0, 0.1) is 13.7 Å². The van der Waals surface area contributed by atoms with Crippen molar-refractivity contribution in [3.63, 3.8) is 0 Å². The van der Waals surface area contributed by atoms with Crippen LogP contribution in [0.3, 0.4) is 0 Å². The Hall–Kier alpha value is -1.18. The maximum Gasteiger partial charge on any atom is 0.270 e. The van der Waals surface area contributed by atoms with Crippen LogP contribution in [0.2, 0.25) is 0 Å². The molecule has 1 saturated carbocycles. The number of nitro groups is 1. The summed E-state index contributed by atoms with van der Waals surface area (Å²) in [6, 6.07) is 4.31. The first-order chi connectivity index (χ1) is 7.91. The van der Waals surface area contributed by atoms with E-state index < -0.39 is 4.92 Å². The van der Waals surface area contributed by atoms with Gasteiger partial charge in [0.25, 0.3) is 11.6 Å². The highest BCUT2D eigenvalue weighted by atomic mass is 127. The Morgan fingerprint density at radius 1 is 1.53 bits per heavy atom. The fourth-order valence-electron chi connectivity index (χ4n) is 1.45. The summed E-state index contributed by atoms with van der Waals surface area (Å²) < 4.78 is 0.718. The molecule has 1 N–H and O–H groups in total. The number of rotatable bonds is 3. The smallest absolute Gasteiger partial charge is 0.270 e. The molecule has 0 aromatic heterocycles. The predicted molar refractivity (Wildman–Crippen MR) is 70.9 cm³/mol. The van der Waals surface area contributed by atoms with E-state index in [9.17, 15) is 14.9 Å². The van der Waals surface area contributed by atoms with Crippen LogP contribution < -0.4 is 5.32 Å². The second-order valence-corrected chi connectivity index (χ2v) is 5.60. The van der Waals surface area contributed by atoms with Crippen molar-refractivity contribution in [2.75, 3.05) is 0 Å². The van der Waals surface area contributed by atoms with Gasteiger partial charge in [0.05, 0.1) is 10.5 Å². The van der Waals surface area contributed by atoms with Crippen LogP contribution in [0.25, 0.3) is 0 Å². The van der Waals surface area contributed by atoms with Crippen molar-refractivity contribution >= 4 is 34.2 Å². The normalized spacial score (nSPS) is 16.4. The Kier molecular flexibility index (Phi) is 3.07. The number of carbonyl (C=O) groups is 1. The van der Waals surface area contributed by atoms with Gasteiger partial charge in [0.2, 0.25) is 0 Å². The zero-order chi connectivity index (χ0) is 12.6. The third kappa shape index (κ3) is 2.74. The van der Waals surface area contributed by atoms with E-state index in [-0.39, 0.29) is 17.1 Å². The molecule has 1 aliphatic rings. The molecule has 0 spiro atoms. The Balaban J connectivity index is 2.27. The Bertz CT molecular complexity index is 497. The molecule has 0 aliphatic heterocycles. The minimum absolute atomic E-state index is 0.0588. The zero-order valence-corrected chi connectivity index (χ0v) is 11.4. The van der Waals surface area contributed by atoms with Gasteiger partial charge in [0.1, 0.15) is 0 Å². The maximum atomic E-state index is 12.0. The summed E-state index contributed by atoms with van der Waals surface area (Å²) in [5.74, 6) is -0.238. The average Bonchev–Trinajstić information content (AvgIpc) is 2.96. The SMILES string of the molecule is CC1(NC(=O)c2cc([N+](=O)[O-])ccc2I)CC1. The van der Waals surface area contributed by atoms with Crippen LogP contribution in [0.4, 0.5) is 5.69 Å². The molecule has 0 atom stereocenters. The van der Waals surface area contributed by atoms with Gasteiger partial charge >= 0.3 is 0 Å². The highest BCUT2D eigenvalue weighted by Crippen LogP contribution is 2.34. The molecule has 1 aromatic rings. The van der Waals surface area contributed by atoms with Crippen LogP contribution in [-0.2, 0) is 0 Å². The van der Waals surface area contributed by atoms with Crippen molar-refractivity contribution in [2.24, 2.45) is 0 Å². The van der Waals surface area contributed by atoms with Crippen molar-refractivity contribution in [1.82, 2.24) is 5.32 Å². The zero-order valence-electron chi connectivity index (χ0n) is 9.20. The van der Waals surface area contributed by atoms with Gasteiger partial charge in [-0.2, -0.15) is 0 Å². The fourth-order valence-corrected chi connectivity index (χ4v) is 2.04. The van der Waals surface area contributed by atoms with E-state index in [1.807, 2.05) is 29.5 Å². The summed E-state index contributed by atoms with van der Waals surface area (Å²) in [7, 11) is 0. The predicted octanol–water partition coefficient (Wildman–Crippen LogP) is 2.48. The van der Waals surface area contributed by atoms with Gasteiger partial charge in [-0.05, 0) is 48.4 Å². The molecule has 5 nitrogen and oxygen atoms in total. The summed E-state index contributed by atoms with van der Waals surface area (Å²) in [6.07, 6.45) is 1.93. The molecule has 2 rings (SSSR count). The second-order valence-electron chi connectivity index (χ2n) is 4.44. The Morgan fingerprint density at radius 2 is 2.18 bits per heavy atom. The number of benzene rings is 1. The number of nitrogens with one attached hydrogen (secondary N) is 1. The minimum Gasteiger partial charge on any atom is -0.347 e. The van der Waals surface area contributed by atoms with Crippen LogP contribution in [0.1, 0.15) is 30.1 Å².